The molecule has 0 heterocycles. The van der Waals surface area contributed by atoms with Crippen molar-refractivity contribution in [2.45, 2.75) is 45.2 Å². The number of rotatable bonds is 5. The third kappa shape index (κ3) is 10.4. The summed E-state index contributed by atoms with van der Waals surface area (Å²) in [5.41, 5.74) is -0.863. The van der Waals surface area contributed by atoms with Crippen molar-refractivity contribution in [1.82, 2.24) is 10.6 Å². The summed E-state index contributed by atoms with van der Waals surface area (Å²) in [5.74, 6) is 0. The molecule has 4 N–H and O–H groups in total. The fraction of sp³-hybridized carbons (Fsp3) is 0.667. The van der Waals surface area contributed by atoms with Gasteiger partial charge in [-0.1, -0.05) is 11.8 Å². The lowest BCUT2D eigenvalue weighted by Gasteiger charge is -2.21. The molecule has 1 atom stereocenters. The molecular formula is C12H23N3O3S. The summed E-state index contributed by atoms with van der Waals surface area (Å²) >= 11 is 1.03. The summed E-state index contributed by atoms with van der Waals surface area (Å²) in [7, 11) is 1.69. The molecule has 0 saturated carbocycles. The summed E-state index contributed by atoms with van der Waals surface area (Å²) < 4.78 is 5.13. The summed E-state index contributed by atoms with van der Waals surface area (Å²) in [6.07, 6.45) is 1.21. The number of alkyl carbamates (subject to hydrolysis) is 1. The van der Waals surface area contributed by atoms with Crippen LogP contribution in [0.3, 0.4) is 0 Å². The van der Waals surface area contributed by atoms with E-state index in [1.54, 1.807) is 40.9 Å². The van der Waals surface area contributed by atoms with Crippen LogP contribution in [0.2, 0.25) is 0 Å². The average molecular weight is 289 g/mol. The van der Waals surface area contributed by atoms with Gasteiger partial charge >= 0.3 is 6.09 Å². The van der Waals surface area contributed by atoms with Crippen LogP contribution < -0.4 is 10.6 Å². The molecule has 0 saturated heterocycles. The van der Waals surface area contributed by atoms with Gasteiger partial charge in [0.25, 0.3) is 0 Å². The van der Waals surface area contributed by atoms with Crippen molar-refractivity contribution >= 4 is 22.9 Å². The Bertz CT molecular complexity index is 351. The maximum atomic E-state index is 11.6. The molecule has 0 bridgehead atoms. The zero-order chi connectivity index (χ0) is 15.1. The summed E-state index contributed by atoms with van der Waals surface area (Å²) in [4.78, 5) is 11.6. The van der Waals surface area contributed by atoms with Gasteiger partial charge in [0, 0.05) is 25.4 Å². The maximum Gasteiger partial charge on any atom is 0.411 e. The molecule has 1 unspecified atom stereocenters. The van der Waals surface area contributed by atoms with E-state index in [1.165, 1.54) is 0 Å². The van der Waals surface area contributed by atoms with E-state index in [-0.39, 0.29) is 6.42 Å². The lowest BCUT2D eigenvalue weighted by Crippen LogP contribution is -2.33. The first-order chi connectivity index (χ1) is 8.64. The van der Waals surface area contributed by atoms with Crippen molar-refractivity contribution in [3.8, 4) is 0 Å². The normalized spacial score (nSPS) is 13.7. The van der Waals surface area contributed by atoms with Crippen LogP contribution in [0.15, 0.2) is 11.9 Å². The second-order valence-corrected chi connectivity index (χ2v) is 6.31. The minimum Gasteiger partial charge on any atom is -0.444 e. The number of ether oxygens (including phenoxy) is 1. The standard InChI is InChI=1S/C12H23N3O3S/c1-8(13)19-10(16)6-9(7-14-5)15-11(17)18-12(2,3)4/h7,10,13-14,16H,6H2,1-5H3,(H,15,17)/b9-7+,13-8?. The summed E-state index contributed by atoms with van der Waals surface area (Å²) in [5, 5.41) is 22.7. The number of aliphatic hydroxyl groups excluding tert-OH is 1. The van der Waals surface area contributed by atoms with E-state index < -0.39 is 17.1 Å². The van der Waals surface area contributed by atoms with Crippen molar-refractivity contribution in [3.63, 3.8) is 0 Å². The molecule has 0 rings (SSSR count). The Morgan fingerprint density at radius 1 is 1.53 bits per heavy atom. The van der Waals surface area contributed by atoms with Crippen LogP contribution in [0.1, 0.15) is 34.1 Å². The topological polar surface area (TPSA) is 94.4 Å². The molecule has 0 aromatic heterocycles. The van der Waals surface area contributed by atoms with Gasteiger partial charge < -0.3 is 15.2 Å². The van der Waals surface area contributed by atoms with E-state index in [1.807, 2.05) is 0 Å². The second-order valence-electron chi connectivity index (χ2n) is 4.92. The monoisotopic (exact) mass is 289 g/mol. The lowest BCUT2D eigenvalue weighted by molar-refractivity contribution is 0.0542. The first kappa shape index (κ1) is 17.8. The average Bonchev–Trinajstić information content (AvgIpc) is 2.12. The molecule has 0 aromatic rings. The molecule has 0 radical (unpaired) electrons. The predicted molar refractivity (Wildman–Crippen MR) is 78.1 cm³/mol. The highest BCUT2D eigenvalue weighted by Gasteiger charge is 2.18. The van der Waals surface area contributed by atoms with Gasteiger partial charge in [0.2, 0.25) is 0 Å². The zero-order valence-corrected chi connectivity index (χ0v) is 12.9. The maximum absolute atomic E-state index is 11.6. The van der Waals surface area contributed by atoms with E-state index in [4.69, 9.17) is 10.1 Å². The van der Waals surface area contributed by atoms with Gasteiger partial charge in [-0.3, -0.25) is 10.7 Å². The fourth-order valence-corrected chi connectivity index (χ4v) is 1.86. The van der Waals surface area contributed by atoms with Gasteiger partial charge in [-0.2, -0.15) is 0 Å². The van der Waals surface area contributed by atoms with E-state index in [9.17, 15) is 9.90 Å². The third-order valence-corrected chi connectivity index (χ3v) is 2.48. The largest absolute Gasteiger partial charge is 0.444 e. The summed E-state index contributed by atoms with van der Waals surface area (Å²) in [6, 6.07) is 0. The molecule has 6 nitrogen and oxygen atoms in total. The molecule has 0 fully saturated rings. The van der Waals surface area contributed by atoms with Crippen LogP contribution in [-0.2, 0) is 4.74 Å². The number of aliphatic hydroxyl groups is 1. The minimum absolute atomic E-state index is 0.209. The highest BCUT2D eigenvalue weighted by atomic mass is 32.2. The van der Waals surface area contributed by atoms with Crippen LogP contribution in [-0.4, -0.2) is 34.3 Å². The van der Waals surface area contributed by atoms with Gasteiger partial charge in [0.05, 0.1) is 5.04 Å². The molecule has 1 amide bonds. The molecule has 0 aliphatic rings. The highest BCUT2D eigenvalue weighted by Crippen LogP contribution is 2.16. The number of nitrogens with one attached hydrogen (secondary N) is 3. The van der Waals surface area contributed by atoms with Gasteiger partial charge in [-0.05, 0) is 27.7 Å². The van der Waals surface area contributed by atoms with Crippen LogP contribution in [0.5, 0.6) is 0 Å². The molecule has 0 aliphatic carbocycles. The second kappa shape index (κ2) is 8.06. The van der Waals surface area contributed by atoms with Gasteiger partial charge in [-0.15, -0.1) is 0 Å². The Kier molecular flexibility index (Phi) is 7.55. The zero-order valence-electron chi connectivity index (χ0n) is 12.0. The number of carbonyl (C=O) groups excluding carboxylic acids is 1. The third-order valence-electron chi connectivity index (χ3n) is 1.69. The molecular weight excluding hydrogens is 266 g/mol. The van der Waals surface area contributed by atoms with Crippen molar-refractivity contribution in [1.29, 1.82) is 5.41 Å². The van der Waals surface area contributed by atoms with Crippen LogP contribution in [0, 0.1) is 5.41 Å². The number of amides is 1. The van der Waals surface area contributed by atoms with Crippen molar-refractivity contribution < 1.29 is 14.6 Å². The first-order valence-corrected chi connectivity index (χ1v) is 6.78. The smallest absolute Gasteiger partial charge is 0.411 e. The van der Waals surface area contributed by atoms with Crippen LogP contribution in [0.25, 0.3) is 0 Å². The first-order valence-electron chi connectivity index (χ1n) is 5.90. The molecule has 19 heavy (non-hydrogen) atoms. The van der Waals surface area contributed by atoms with Crippen molar-refractivity contribution in [2.24, 2.45) is 0 Å². The van der Waals surface area contributed by atoms with E-state index >= 15 is 0 Å². The number of thioether (sulfide) groups is 1. The van der Waals surface area contributed by atoms with Crippen LogP contribution in [0.4, 0.5) is 4.79 Å². The van der Waals surface area contributed by atoms with Crippen molar-refractivity contribution in [3.05, 3.63) is 11.9 Å². The molecule has 110 valence electrons. The van der Waals surface area contributed by atoms with E-state index in [0.29, 0.717) is 10.7 Å². The van der Waals surface area contributed by atoms with Crippen molar-refractivity contribution in [2.75, 3.05) is 7.05 Å². The Labute approximate surface area is 118 Å². The van der Waals surface area contributed by atoms with Gasteiger partial charge in [0.15, 0.2) is 0 Å². The Hall–Kier alpha value is -1.21. The minimum atomic E-state index is -0.785. The molecule has 0 aromatic carbocycles. The Morgan fingerprint density at radius 3 is 2.53 bits per heavy atom. The summed E-state index contributed by atoms with van der Waals surface area (Å²) in [6.45, 7) is 6.92. The quantitative estimate of drug-likeness (QED) is 0.353. The Balaban J connectivity index is 4.46. The predicted octanol–water partition coefficient (Wildman–Crippen LogP) is 2.01. The van der Waals surface area contributed by atoms with Gasteiger partial charge in [0.1, 0.15) is 11.0 Å². The van der Waals surface area contributed by atoms with Crippen LogP contribution >= 0.6 is 11.8 Å². The number of hydrogen-bond donors (Lipinski definition) is 4. The van der Waals surface area contributed by atoms with E-state index in [0.717, 1.165) is 11.8 Å². The lowest BCUT2D eigenvalue weighted by atomic mass is 10.2. The molecule has 0 spiro atoms. The SMILES string of the molecule is CN/C=C(\CC(O)SC(C)=N)NC(=O)OC(C)(C)C. The van der Waals surface area contributed by atoms with E-state index in [2.05, 4.69) is 10.6 Å². The number of hydrogen-bond acceptors (Lipinski definition) is 6. The number of carbonyl (C=O) groups is 1. The Morgan fingerprint density at radius 2 is 2.11 bits per heavy atom. The van der Waals surface area contributed by atoms with Gasteiger partial charge in [-0.25, -0.2) is 4.79 Å². The fourth-order valence-electron chi connectivity index (χ4n) is 1.19. The molecule has 7 heteroatoms. The highest BCUT2D eigenvalue weighted by molar-refractivity contribution is 8.14. The molecule has 0 aliphatic heterocycles.